The number of anilines is 3. The maximum absolute atomic E-state index is 8.89. The summed E-state index contributed by atoms with van der Waals surface area (Å²) >= 11 is 0. The zero-order valence-electron chi connectivity index (χ0n) is 26.1. The van der Waals surface area contributed by atoms with Gasteiger partial charge in [0.2, 0.25) is 0 Å². The molecule has 1 aromatic carbocycles. The highest BCUT2D eigenvalue weighted by molar-refractivity contribution is 5.97. The Labute approximate surface area is 260 Å². The Hall–Kier alpha value is -3.72. The molecule has 0 aliphatic carbocycles. The van der Waals surface area contributed by atoms with Crippen molar-refractivity contribution >= 4 is 28.4 Å². The van der Waals surface area contributed by atoms with Gasteiger partial charge in [0, 0.05) is 89.3 Å². The first-order valence-electron chi connectivity index (χ1n) is 16.1. The number of piperazine rings is 1. The van der Waals surface area contributed by atoms with E-state index in [0.29, 0.717) is 29.8 Å². The Morgan fingerprint density at radius 1 is 1.05 bits per heavy atom. The predicted molar refractivity (Wildman–Crippen MR) is 174 cm³/mol. The van der Waals surface area contributed by atoms with Crippen molar-refractivity contribution in [2.75, 3.05) is 82.1 Å². The summed E-state index contributed by atoms with van der Waals surface area (Å²) in [6, 6.07) is 9.59. The van der Waals surface area contributed by atoms with Gasteiger partial charge in [0.15, 0.2) is 5.82 Å². The summed E-state index contributed by atoms with van der Waals surface area (Å²) in [6.07, 6.45) is 7.33. The van der Waals surface area contributed by atoms with Gasteiger partial charge in [-0.25, -0.2) is 15.0 Å². The average molecular weight is 600 g/mol. The molecule has 0 amide bonds. The fourth-order valence-electron chi connectivity index (χ4n) is 6.84. The molecule has 0 saturated carbocycles. The van der Waals surface area contributed by atoms with Gasteiger partial charge in [0.25, 0.3) is 0 Å². The van der Waals surface area contributed by atoms with Crippen molar-refractivity contribution in [2.24, 2.45) is 0 Å². The van der Waals surface area contributed by atoms with Crippen LogP contribution in [0, 0.1) is 11.3 Å². The fourth-order valence-corrected chi connectivity index (χ4v) is 6.84. The molecule has 2 aromatic heterocycles. The number of nitrogens with one attached hydrogen (secondary N) is 1. The summed E-state index contributed by atoms with van der Waals surface area (Å²) < 4.78 is 11.5. The van der Waals surface area contributed by atoms with Crippen LogP contribution in [0.15, 0.2) is 24.4 Å². The first kappa shape index (κ1) is 30.3. The molecule has 0 bridgehead atoms. The third kappa shape index (κ3) is 6.53. The molecule has 3 saturated heterocycles. The molecule has 0 atom stereocenters. The van der Waals surface area contributed by atoms with E-state index in [1.165, 1.54) is 0 Å². The molecule has 3 fully saturated rings. The van der Waals surface area contributed by atoms with Gasteiger partial charge in [0.05, 0.1) is 24.6 Å². The van der Waals surface area contributed by atoms with Gasteiger partial charge in [0.1, 0.15) is 22.6 Å². The maximum atomic E-state index is 8.89. The quantitative estimate of drug-likeness (QED) is 0.371. The smallest absolute Gasteiger partial charge is 0.151 e. The van der Waals surface area contributed by atoms with Crippen LogP contribution in [0.25, 0.3) is 22.2 Å². The van der Waals surface area contributed by atoms with E-state index in [9.17, 15) is 0 Å². The lowest BCUT2D eigenvalue weighted by atomic mass is 10.00. The number of piperidine rings is 1. The number of hydrogen-bond donors (Lipinski definition) is 2. The van der Waals surface area contributed by atoms with Gasteiger partial charge in [-0.15, -0.1) is 0 Å². The van der Waals surface area contributed by atoms with E-state index in [0.717, 1.165) is 131 Å². The number of pyridine rings is 1. The minimum Gasteiger partial charge on any atom is -0.495 e. The molecule has 3 aliphatic heterocycles. The number of aromatic nitrogens is 3. The van der Waals surface area contributed by atoms with Crippen molar-refractivity contribution in [3.05, 3.63) is 30.1 Å². The Morgan fingerprint density at radius 2 is 1.82 bits per heavy atom. The molecule has 234 valence electrons. The molecule has 0 unspecified atom stereocenters. The zero-order valence-corrected chi connectivity index (χ0v) is 26.1. The van der Waals surface area contributed by atoms with Crippen LogP contribution in [0.2, 0.25) is 0 Å². The molecule has 3 aliphatic rings. The second-order valence-electron chi connectivity index (χ2n) is 12.0. The second kappa shape index (κ2) is 13.9. The molecule has 11 nitrogen and oxygen atoms in total. The number of aryl methyl sites for hydroxylation is 1. The molecular formula is C33H45N9O2. The number of benzene rings is 1. The van der Waals surface area contributed by atoms with Crippen molar-refractivity contribution in [1.82, 2.24) is 24.8 Å². The number of fused-ring (bicyclic) bond motifs is 1. The van der Waals surface area contributed by atoms with Crippen LogP contribution >= 0.6 is 0 Å². The van der Waals surface area contributed by atoms with E-state index in [1.807, 2.05) is 0 Å². The number of nitriles is 1. The van der Waals surface area contributed by atoms with Crippen molar-refractivity contribution < 1.29 is 9.47 Å². The van der Waals surface area contributed by atoms with Crippen molar-refractivity contribution in [3.8, 4) is 22.9 Å². The zero-order chi connectivity index (χ0) is 30.5. The normalized spacial score (nSPS) is 19.2. The van der Waals surface area contributed by atoms with E-state index in [1.54, 1.807) is 13.3 Å². The van der Waals surface area contributed by atoms with Crippen molar-refractivity contribution in [1.29, 1.82) is 5.26 Å². The maximum Gasteiger partial charge on any atom is 0.151 e. The molecule has 44 heavy (non-hydrogen) atoms. The van der Waals surface area contributed by atoms with Crippen molar-refractivity contribution in [3.63, 3.8) is 0 Å². The predicted octanol–water partition coefficient (Wildman–Crippen LogP) is 3.94. The standard InChI is InChI=1S/C33H45N9O2/c1-3-27-33(37-24-9-19-44-20-10-24)39-30-26(22-36-32(35)31(30)38-27)23-5-6-28(29(21-23)43-2)42-13-7-25(8-14-42)41-17-15-40(16-18-41)12-4-11-34/h5-6,21-22,24-25H,3-4,7-10,12-20H2,1-2H3,(H2,35,36)(H,37,39). The Kier molecular flexibility index (Phi) is 9.60. The highest BCUT2D eigenvalue weighted by Gasteiger charge is 2.29. The van der Waals surface area contributed by atoms with Crippen LogP contribution in [0.3, 0.4) is 0 Å². The second-order valence-corrected chi connectivity index (χ2v) is 12.0. The van der Waals surface area contributed by atoms with Gasteiger partial charge >= 0.3 is 0 Å². The number of nitrogen functional groups attached to an aromatic ring is 1. The largest absolute Gasteiger partial charge is 0.495 e. The van der Waals surface area contributed by atoms with Gasteiger partial charge in [-0.05, 0) is 49.8 Å². The molecule has 5 heterocycles. The lowest BCUT2D eigenvalue weighted by Gasteiger charge is -2.43. The monoisotopic (exact) mass is 599 g/mol. The first-order valence-corrected chi connectivity index (χ1v) is 16.1. The number of ether oxygens (including phenoxy) is 2. The number of nitrogens with zero attached hydrogens (tertiary/aromatic N) is 7. The van der Waals surface area contributed by atoms with Gasteiger partial charge in [-0.2, -0.15) is 5.26 Å². The topological polar surface area (TPSA) is 129 Å². The SMILES string of the molecule is CCc1nc2c(N)ncc(-c3ccc(N4CCC(N5CCN(CCC#N)CC5)CC4)c(OC)c3)c2nc1NC1CCOCC1. The lowest BCUT2D eigenvalue weighted by molar-refractivity contribution is 0.0860. The summed E-state index contributed by atoms with van der Waals surface area (Å²) in [4.78, 5) is 22.1. The van der Waals surface area contributed by atoms with Crippen molar-refractivity contribution in [2.45, 2.75) is 57.5 Å². The molecule has 11 heteroatoms. The summed E-state index contributed by atoms with van der Waals surface area (Å²) in [7, 11) is 1.74. The molecule has 3 N–H and O–H groups in total. The Morgan fingerprint density at radius 3 is 2.52 bits per heavy atom. The average Bonchev–Trinajstić information content (AvgIpc) is 3.08. The molecule has 0 spiro atoms. The van der Waals surface area contributed by atoms with Crippen LogP contribution in [-0.2, 0) is 11.2 Å². The van der Waals surface area contributed by atoms with Crippen LogP contribution in [-0.4, -0.2) is 103 Å². The number of rotatable bonds is 9. The van der Waals surface area contributed by atoms with Gasteiger partial charge in [-0.3, -0.25) is 9.80 Å². The van der Waals surface area contributed by atoms with E-state index in [2.05, 4.69) is 56.2 Å². The number of methoxy groups -OCH3 is 1. The third-order valence-corrected chi connectivity index (χ3v) is 9.45. The van der Waals surface area contributed by atoms with Crippen LogP contribution < -0.4 is 20.7 Å². The molecular weight excluding hydrogens is 554 g/mol. The summed E-state index contributed by atoms with van der Waals surface area (Å²) in [5, 5.41) is 12.5. The summed E-state index contributed by atoms with van der Waals surface area (Å²) in [5.41, 5.74) is 11.6. The van der Waals surface area contributed by atoms with E-state index in [4.69, 9.17) is 30.4 Å². The number of nitrogens with two attached hydrogens (primary N) is 1. The molecule has 6 rings (SSSR count). The van der Waals surface area contributed by atoms with Gasteiger partial charge < -0.3 is 25.4 Å². The van der Waals surface area contributed by atoms with Crippen LogP contribution in [0.5, 0.6) is 5.75 Å². The fraction of sp³-hybridized carbons (Fsp3) is 0.576. The lowest BCUT2D eigenvalue weighted by Crippen LogP contribution is -2.53. The minimum atomic E-state index is 0.311. The minimum absolute atomic E-state index is 0.311. The van der Waals surface area contributed by atoms with Gasteiger partial charge in [-0.1, -0.05) is 13.0 Å². The summed E-state index contributed by atoms with van der Waals surface area (Å²) in [6.45, 7) is 10.8. The Bertz CT molecular complexity index is 1470. The van der Waals surface area contributed by atoms with Crippen LogP contribution in [0.1, 0.15) is 44.7 Å². The highest BCUT2D eigenvalue weighted by Crippen LogP contribution is 2.38. The highest BCUT2D eigenvalue weighted by atomic mass is 16.5. The number of hydrogen-bond acceptors (Lipinski definition) is 11. The molecule has 0 radical (unpaired) electrons. The molecule has 3 aromatic rings. The van der Waals surface area contributed by atoms with E-state index < -0.39 is 0 Å². The third-order valence-electron chi connectivity index (χ3n) is 9.45. The van der Waals surface area contributed by atoms with E-state index >= 15 is 0 Å². The summed E-state index contributed by atoms with van der Waals surface area (Å²) in [5.74, 6) is 2.04. The first-order chi connectivity index (χ1) is 21.6. The van der Waals surface area contributed by atoms with Crippen LogP contribution in [0.4, 0.5) is 17.3 Å². The van der Waals surface area contributed by atoms with E-state index in [-0.39, 0.29) is 0 Å². The Balaban J connectivity index is 1.20.